The van der Waals surface area contributed by atoms with Crippen LogP contribution in [0.15, 0.2) is 42.5 Å². The van der Waals surface area contributed by atoms with Gasteiger partial charge in [0.1, 0.15) is 5.75 Å². The van der Waals surface area contributed by atoms with Crippen molar-refractivity contribution in [3.05, 3.63) is 53.6 Å². The van der Waals surface area contributed by atoms with Gasteiger partial charge in [0.15, 0.2) is 0 Å². The highest BCUT2D eigenvalue weighted by Crippen LogP contribution is 2.47. The minimum Gasteiger partial charge on any atom is -0.400 e. The Balaban J connectivity index is -0.000000300. The van der Waals surface area contributed by atoms with Crippen LogP contribution in [-0.2, 0) is 33.8 Å². The first-order chi connectivity index (χ1) is 20.2. The lowest BCUT2D eigenvalue weighted by Gasteiger charge is -2.14. The Hall–Kier alpha value is -1.24. The maximum Gasteiger partial charge on any atom is 0.567 e. The van der Waals surface area contributed by atoms with Crippen LogP contribution in [0.4, 0.5) is 25.2 Å². The summed E-state index contributed by atoms with van der Waals surface area (Å²) in [5, 5.41) is 0. The molecule has 0 fully saturated rings. The molecule has 1 atom stereocenters. The van der Waals surface area contributed by atoms with E-state index in [0.29, 0.717) is 11.5 Å². The molecule has 278 valence electrons. The van der Waals surface area contributed by atoms with Crippen LogP contribution in [0.25, 0.3) is 11.1 Å². The molecule has 0 aliphatic carbocycles. The molecule has 30 heteroatoms. The summed E-state index contributed by atoms with van der Waals surface area (Å²) in [5.41, 5.74) is 3.61. The topological polar surface area (TPSA) is 334 Å². The third-order valence-corrected chi connectivity index (χ3v) is 3.68. The molecule has 0 saturated heterocycles. The van der Waals surface area contributed by atoms with Gasteiger partial charge in [-0.3, -0.25) is 53.8 Å². The average molecular weight is 822 g/mol. The van der Waals surface area contributed by atoms with Gasteiger partial charge in [-0.25, -0.2) is 27.4 Å². The molecule has 1 unspecified atom stereocenters. The van der Waals surface area contributed by atoms with Crippen molar-refractivity contribution < 1.29 is 111 Å². The van der Waals surface area contributed by atoms with E-state index in [-0.39, 0.29) is 5.75 Å². The Morgan fingerprint density at radius 1 is 0.574 bits per heavy atom. The molecule has 0 saturated carbocycles. The van der Waals surface area contributed by atoms with Gasteiger partial charge >= 0.3 is 47.4 Å². The summed E-state index contributed by atoms with van der Waals surface area (Å²) >= 11 is 0. The molecule has 0 aliphatic heterocycles. The second kappa shape index (κ2) is 22.5. The van der Waals surface area contributed by atoms with Gasteiger partial charge < -0.3 is 4.52 Å². The molecule has 0 heterocycles. The van der Waals surface area contributed by atoms with Gasteiger partial charge in [0, 0.05) is 5.56 Å². The van der Waals surface area contributed by atoms with Crippen molar-refractivity contribution in [3.8, 4) is 16.9 Å². The maximum atomic E-state index is 13.0. The fourth-order valence-electron chi connectivity index (χ4n) is 2.34. The van der Waals surface area contributed by atoms with E-state index >= 15 is 0 Å². The number of hydrogen-bond donors (Lipinski definition) is 11. The molecule has 2 aromatic rings. The maximum absolute atomic E-state index is 13.0. The molecule has 11 N–H and O–H groups in total. The second-order valence-electron chi connectivity index (χ2n) is 8.20. The Labute approximate surface area is 262 Å². The van der Waals surface area contributed by atoms with Crippen molar-refractivity contribution in [2.45, 2.75) is 27.2 Å². The van der Waals surface area contributed by atoms with Crippen molar-refractivity contribution in [3.63, 3.8) is 0 Å². The first-order valence-corrected chi connectivity index (χ1v) is 19.9. The number of halogens is 6. The lowest BCUT2D eigenvalue weighted by atomic mass is 9.97. The van der Waals surface area contributed by atoms with Crippen LogP contribution < -0.4 is 4.52 Å². The van der Waals surface area contributed by atoms with E-state index in [1.165, 1.54) is 0 Å². The third-order valence-electron chi connectivity index (χ3n) is 3.26. The highest BCUT2D eigenvalue weighted by molar-refractivity contribution is 7.47. The van der Waals surface area contributed by atoms with Crippen molar-refractivity contribution in [1.29, 1.82) is 0 Å². The number of hydrogen-bond acceptors (Lipinski definition) is 7. The Morgan fingerprint density at radius 2 is 0.872 bits per heavy atom. The molecule has 0 aromatic heterocycles. The van der Waals surface area contributed by atoms with E-state index in [2.05, 4.69) is 18.4 Å². The van der Waals surface area contributed by atoms with E-state index in [1.807, 2.05) is 37.3 Å². The molecule has 0 bridgehead atoms. The van der Waals surface area contributed by atoms with Crippen LogP contribution >= 0.6 is 47.4 Å². The number of aryl methyl sites for hydroxylation is 1. The molecule has 0 radical (unpaired) electrons. The van der Waals surface area contributed by atoms with Crippen LogP contribution in [0, 0.1) is 12.8 Å². The summed E-state index contributed by atoms with van der Waals surface area (Å²) < 4.78 is 124. The Morgan fingerprint density at radius 3 is 1.13 bits per heavy atom. The molecule has 2 rings (SSSR count). The zero-order valence-corrected chi connectivity index (χ0v) is 28.9. The van der Waals surface area contributed by atoms with Crippen molar-refractivity contribution in [2.24, 2.45) is 5.92 Å². The van der Waals surface area contributed by atoms with Crippen LogP contribution in [0.3, 0.4) is 0 Å². The van der Waals surface area contributed by atoms with Crippen molar-refractivity contribution >= 4 is 47.4 Å². The van der Waals surface area contributed by atoms with E-state index in [9.17, 15) is 29.7 Å². The van der Waals surface area contributed by atoms with Gasteiger partial charge in [-0.15, -0.1) is 25.2 Å². The summed E-state index contributed by atoms with van der Waals surface area (Å²) in [6.07, 6.45) is 0.867. The smallest absolute Gasteiger partial charge is 0.400 e. The van der Waals surface area contributed by atoms with Gasteiger partial charge in [0.05, 0.1) is 0 Å². The quantitative estimate of drug-likeness (QED) is 0.130. The zero-order chi connectivity index (χ0) is 38.8. The van der Waals surface area contributed by atoms with E-state index in [0.717, 1.165) is 23.1 Å². The normalized spacial score (nSPS) is 12.8. The summed E-state index contributed by atoms with van der Waals surface area (Å²) in [6, 6.07) is 12.9. The molecule has 2 aromatic carbocycles. The highest BCUT2D eigenvalue weighted by Gasteiger charge is 2.22. The predicted molar refractivity (Wildman–Crippen MR) is 152 cm³/mol. The lowest BCUT2D eigenvalue weighted by molar-refractivity contribution is 0.320. The van der Waals surface area contributed by atoms with Crippen LogP contribution in [0.5, 0.6) is 5.75 Å². The number of rotatable bonds is 5. The average Bonchev–Trinajstić information content (AvgIpc) is 2.68. The lowest BCUT2D eigenvalue weighted by Crippen LogP contribution is -1.96. The van der Waals surface area contributed by atoms with Gasteiger partial charge in [0.2, 0.25) is 0 Å². The van der Waals surface area contributed by atoms with E-state index < -0.39 is 47.4 Å². The van der Waals surface area contributed by atoms with Crippen LogP contribution in [0.2, 0.25) is 0 Å². The predicted octanol–water partition coefficient (Wildman–Crippen LogP) is 5.55. The van der Waals surface area contributed by atoms with Gasteiger partial charge in [-0.2, -0.15) is 0 Å². The Bertz CT molecular complexity index is 1320. The summed E-state index contributed by atoms with van der Waals surface area (Å²) in [4.78, 5) is 78.5. The van der Waals surface area contributed by atoms with Gasteiger partial charge in [0.25, 0.3) is 0 Å². The fourth-order valence-corrected chi connectivity index (χ4v) is 2.74. The second-order valence-corrected chi connectivity index (χ2v) is 14.0. The minimum atomic E-state index is -5.14. The van der Waals surface area contributed by atoms with E-state index in [1.54, 1.807) is 12.1 Å². The van der Waals surface area contributed by atoms with Crippen LogP contribution in [0.1, 0.15) is 25.0 Å². The summed E-state index contributed by atoms with van der Waals surface area (Å²) in [5.74, 6) is 0.549. The van der Waals surface area contributed by atoms with Gasteiger partial charge in [-0.1, -0.05) is 49.7 Å². The van der Waals surface area contributed by atoms with Crippen molar-refractivity contribution in [2.75, 3.05) is 0 Å². The monoisotopic (exact) mass is 822 g/mol. The van der Waals surface area contributed by atoms with Crippen LogP contribution in [-0.4, -0.2) is 53.8 Å². The molecular weight excluding hydrogens is 792 g/mol. The molecular formula is C17H30F6O18P6. The van der Waals surface area contributed by atoms with Crippen molar-refractivity contribution in [1.82, 2.24) is 0 Å². The fraction of sp³-hybridized carbons (Fsp3) is 0.294. The molecule has 47 heavy (non-hydrogen) atoms. The highest BCUT2D eigenvalue weighted by atomic mass is 31.2. The summed E-state index contributed by atoms with van der Waals surface area (Å²) in [7, 11) is -30.8. The number of benzene rings is 2. The largest absolute Gasteiger partial charge is 0.567 e. The molecule has 0 aliphatic rings. The minimum absolute atomic E-state index is 0.0738. The molecule has 0 amide bonds. The standard InChI is InChI=1S/C17H20FO3P.5FH2O3P/c1-12(2)10-14-6-9-17(21-22(18,19)20)16(11-14)15-7-4-13(3)5-8-15;5*1-5(2,3)4/h4-9,11-12H,10H2,1-3H3,(H,19,20);5*(H2,2,3,4). The molecule has 0 spiro atoms. The Kier molecular flexibility index (Phi) is 25.1. The third kappa shape index (κ3) is 67.7. The first-order valence-electron chi connectivity index (χ1n) is 10.9. The van der Waals surface area contributed by atoms with Gasteiger partial charge in [-0.05, 0) is 42.5 Å². The SMILES string of the molecule is Cc1ccc(-c2cc(CC(C)C)ccc2OP(=O)(O)F)cc1.O=P(O)(O)F.O=P(O)(O)F.O=P(O)(O)F.O=P(O)(O)F.O=P(O)(O)F. The zero-order valence-electron chi connectivity index (χ0n) is 23.6. The van der Waals surface area contributed by atoms with E-state index in [4.69, 9.17) is 76.7 Å². The molecule has 18 nitrogen and oxygen atoms in total. The first kappa shape index (κ1) is 52.6. The summed E-state index contributed by atoms with van der Waals surface area (Å²) in [6.45, 7) is 6.19.